The molecule has 85 heavy (non-hydrogen) atoms. The first-order chi connectivity index (χ1) is 42.1. The fraction of sp³-hybridized carbons (Fsp3) is 0.779. The lowest BCUT2D eigenvalue weighted by Gasteiger charge is -2.29. The summed E-state index contributed by atoms with van der Waals surface area (Å²) in [6, 6.07) is 13.0. The zero-order valence-corrected chi connectivity index (χ0v) is 56.6. The number of nitrogens with zero attached hydrogens (tertiary/aromatic N) is 2. The lowest BCUT2D eigenvalue weighted by Crippen LogP contribution is -2.14. The molecule has 0 aliphatic heterocycles. The second-order valence-electron chi connectivity index (χ2n) is 25.0. The zero-order chi connectivity index (χ0) is 60.6. The Bertz CT molecular complexity index is 1720. The van der Waals surface area contributed by atoms with E-state index in [0.29, 0.717) is 39.6 Å². The molecule has 0 unspecified atom stereocenters. The Kier molecular flexibility index (Phi) is 49.3. The molecule has 0 aliphatic rings. The molecule has 0 spiro atoms. The van der Waals surface area contributed by atoms with Gasteiger partial charge in [-0.1, -0.05) is 311 Å². The number of ether oxygens (including phenoxy) is 6. The fourth-order valence-corrected chi connectivity index (χ4v) is 11.5. The largest absolute Gasteiger partial charge is 0.489 e. The molecule has 1 heterocycles. The topological polar surface area (TPSA) is 71.5 Å². The number of anilines is 3. The highest BCUT2D eigenvalue weighted by atomic mass is 16.5. The van der Waals surface area contributed by atoms with E-state index in [4.69, 9.17) is 28.4 Å². The first-order valence-electron chi connectivity index (χ1n) is 36.9. The third kappa shape index (κ3) is 37.6. The highest BCUT2D eigenvalue weighted by molar-refractivity contribution is 5.81. The van der Waals surface area contributed by atoms with Crippen molar-refractivity contribution in [2.45, 2.75) is 350 Å². The summed E-state index contributed by atoms with van der Waals surface area (Å²) in [5.41, 5.74) is 2.83. The van der Waals surface area contributed by atoms with Crippen molar-refractivity contribution in [3.63, 3.8) is 0 Å². The van der Waals surface area contributed by atoms with E-state index < -0.39 is 0 Å². The molecule has 0 saturated heterocycles. The average Bonchev–Trinajstić information content (AvgIpc) is 3.68. The summed E-state index contributed by atoms with van der Waals surface area (Å²) in [5.74, 6) is 4.43. The van der Waals surface area contributed by atoms with Crippen LogP contribution in [0.2, 0.25) is 0 Å². The lowest BCUT2D eigenvalue weighted by molar-refractivity contribution is 0.234. The van der Waals surface area contributed by atoms with Gasteiger partial charge >= 0.3 is 0 Å². The van der Waals surface area contributed by atoms with E-state index in [1.54, 1.807) is 0 Å². The average molecular weight is 1180 g/mol. The van der Waals surface area contributed by atoms with Crippen LogP contribution in [0.4, 0.5) is 17.1 Å². The molecule has 2 aromatic carbocycles. The normalized spacial score (nSPS) is 11.4. The van der Waals surface area contributed by atoms with Crippen molar-refractivity contribution in [2.24, 2.45) is 0 Å². The van der Waals surface area contributed by atoms with Crippen LogP contribution < -0.4 is 33.3 Å². The van der Waals surface area contributed by atoms with Crippen molar-refractivity contribution >= 4 is 17.1 Å². The smallest absolute Gasteiger partial charge is 0.203 e. The molecular weight excluding hydrogens is 1050 g/mol. The van der Waals surface area contributed by atoms with Gasteiger partial charge in [0.15, 0.2) is 23.0 Å². The minimum absolute atomic E-state index is 0.623. The molecule has 0 N–H and O–H groups in total. The van der Waals surface area contributed by atoms with Gasteiger partial charge in [-0.15, -0.1) is 0 Å². The SMILES string of the molecule is CCCCCCCCCCOc1cc(N(c2ccncc2)c2cc(OCCCCCCCCCC)c(OCCCCCCCCCC)c(OCCCCCCCCCC)c2)cc(OCCCCCCCCCC)c1OCCCCCCCCCC. The molecule has 0 amide bonds. The summed E-state index contributed by atoms with van der Waals surface area (Å²) in [6.45, 7) is 17.5. The van der Waals surface area contributed by atoms with Crippen molar-refractivity contribution in [2.75, 3.05) is 44.5 Å². The maximum absolute atomic E-state index is 6.99. The van der Waals surface area contributed by atoms with E-state index in [1.165, 1.54) is 231 Å². The Morgan fingerprint density at radius 1 is 0.235 bits per heavy atom. The van der Waals surface area contributed by atoms with Gasteiger partial charge in [0, 0.05) is 42.3 Å². The number of aromatic nitrogens is 1. The quantitative estimate of drug-likeness (QED) is 0.0518. The van der Waals surface area contributed by atoms with Crippen LogP contribution >= 0.6 is 0 Å². The van der Waals surface area contributed by atoms with Gasteiger partial charge in [-0.3, -0.25) is 4.98 Å². The molecule has 0 bridgehead atoms. The minimum atomic E-state index is 0.623. The van der Waals surface area contributed by atoms with Crippen LogP contribution in [-0.4, -0.2) is 44.6 Å². The molecular formula is C77H134N2O6. The van der Waals surface area contributed by atoms with Gasteiger partial charge in [-0.25, -0.2) is 0 Å². The van der Waals surface area contributed by atoms with E-state index in [1.807, 2.05) is 12.4 Å². The van der Waals surface area contributed by atoms with E-state index in [0.717, 1.165) is 129 Å². The Balaban J connectivity index is 2.16. The van der Waals surface area contributed by atoms with Crippen LogP contribution in [0.1, 0.15) is 350 Å². The summed E-state index contributed by atoms with van der Waals surface area (Å²) in [5, 5.41) is 0. The molecule has 3 aromatic rings. The van der Waals surface area contributed by atoms with Gasteiger partial charge in [-0.05, 0) is 50.7 Å². The van der Waals surface area contributed by atoms with Crippen LogP contribution in [0.5, 0.6) is 34.5 Å². The summed E-state index contributed by atoms with van der Waals surface area (Å²) in [4.78, 5) is 6.85. The summed E-state index contributed by atoms with van der Waals surface area (Å²) in [7, 11) is 0. The van der Waals surface area contributed by atoms with E-state index >= 15 is 0 Å². The zero-order valence-electron chi connectivity index (χ0n) is 56.6. The van der Waals surface area contributed by atoms with Crippen molar-refractivity contribution in [1.29, 1.82) is 0 Å². The Hall–Kier alpha value is -3.81. The number of hydrogen-bond donors (Lipinski definition) is 0. The highest BCUT2D eigenvalue weighted by Gasteiger charge is 2.25. The Morgan fingerprint density at radius 3 is 0.635 bits per heavy atom. The second-order valence-corrected chi connectivity index (χ2v) is 25.0. The molecule has 0 aliphatic carbocycles. The van der Waals surface area contributed by atoms with Gasteiger partial charge in [0.25, 0.3) is 0 Å². The third-order valence-corrected chi connectivity index (χ3v) is 17.0. The first-order valence-corrected chi connectivity index (χ1v) is 36.9. The van der Waals surface area contributed by atoms with Crippen LogP contribution in [0.25, 0.3) is 0 Å². The van der Waals surface area contributed by atoms with Crippen LogP contribution in [-0.2, 0) is 0 Å². The monoisotopic (exact) mass is 1180 g/mol. The number of pyridine rings is 1. The fourth-order valence-electron chi connectivity index (χ4n) is 11.5. The molecule has 0 atom stereocenters. The van der Waals surface area contributed by atoms with Gasteiger partial charge in [0.2, 0.25) is 11.5 Å². The number of unbranched alkanes of at least 4 members (excludes halogenated alkanes) is 42. The molecule has 1 aromatic heterocycles. The molecule has 0 saturated carbocycles. The number of hydrogen-bond acceptors (Lipinski definition) is 8. The van der Waals surface area contributed by atoms with E-state index in [9.17, 15) is 0 Å². The van der Waals surface area contributed by atoms with Crippen molar-refractivity contribution in [3.8, 4) is 34.5 Å². The summed E-state index contributed by atoms with van der Waals surface area (Å²) in [6.07, 6.45) is 63.6. The van der Waals surface area contributed by atoms with Gasteiger partial charge in [-0.2, -0.15) is 0 Å². The Labute approximate surface area is 525 Å². The molecule has 3 rings (SSSR count). The van der Waals surface area contributed by atoms with Crippen molar-refractivity contribution in [3.05, 3.63) is 48.8 Å². The van der Waals surface area contributed by atoms with E-state index in [2.05, 4.69) is 87.8 Å². The predicted molar refractivity (Wildman–Crippen MR) is 368 cm³/mol. The minimum Gasteiger partial charge on any atom is -0.489 e. The standard InChI is InChI=1S/C77H134N2O6/c1-7-13-19-25-31-37-43-49-59-80-72-65-70(66-73(81-60-50-44-38-32-26-20-14-8-2)76(72)84-63-53-47-41-35-29-23-17-11-5)79(69-55-57-78-58-56-69)71-67-74(82-61-51-45-39-33-27-21-15-9-3)77(85-64-54-48-42-36-30-24-18-12-6)75(68-71)83-62-52-46-40-34-28-22-16-10-4/h55-58,65-68H,7-54,59-64H2,1-6H3. The maximum atomic E-state index is 6.99. The molecule has 0 fully saturated rings. The van der Waals surface area contributed by atoms with E-state index in [-0.39, 0.29) is 0 Å². The molecule has 0 radical (unpaired) electrons. The number of rotatable bonds is 63. The molecule has 8 nitrogen and oxygen atoms in total. The highest BCUT2D eigenvalue weighted by Crippen LogP contribution is 2.49. The summed E-state index contributed by atoms with van der Waals surface area (Å²) >= 11 is 0. The van der Waals surface area contributed by atoms with Crippen LogP contribution in [0, 0.1) is 0 Å². The maximum Gasteiger partial charge on any atom is 0.203 e. The van der Waals surface area contributed by atoms with Gasteiger partial charge in [0.05, 0.1) is 51.0 Å². The lowest BCUT2D eigenvalue weighted by atomic mass is 10.1. The molecule has 8 heteroatoms. The van der Waals surface area contributed by atoms with Gasteiger partial charge in [0.1, 0.15) is 0 Å². The van der Waals surface area contributed by atoms with Gasteiger partial charge < -0.3 is 33.3 Å². The first kappa shape index (κ1) is 75.4. The third-order valence-electron chi connectivity index (χ3n) is 17.0. The predicted octanol–water partition coefficient (Wildman–Crippen LogP) is 25.7. The number of benzene rings is 2. The second kappa shape index (κ2) is 55.5. The Morgan fingerprint density at radius 2 is 0.424 bits per heavy atom. The summed E-state index contributed by atoms with van der Waals surface area (Å²) < 4.78 is 41.8. The van der Waals surface area contributed by atoms with Crippen molar-refractivity contribution in [1.82, 2.24) is 4.98 Å². The molecule has 488 valence electrons. The van der Waals surface area contributed by atoms with Crippen LogP contribution in [0.15, 0.2) is 48.8 Å². The van der Waals surface area contributed by atoms with Crippen molar-refractivity contribution < 1.29 is 28.4 Å². The van der Waals surface area contributed by atoms with Crippen LogP contribution in [0.3, 0.4) is 0 Å².